The quantitative estimate of drug-likeness (QED) is 0.463. The third-order valence-corrected chi connectivity index (χ3v) is 4.37. The van der Waals surface area contributed by atoms with Gasteiger partial charge in [-0.1, -0.05) is 6.07 Å². The zero-order valence-electron chi connectivity index (χ0n) is 15.2. The van der Waals surface area contributed by atoms with Crippen molar-refractivity contribution in [3.05, 3.63) is 60.7 Å². The van der Waals surface area contributed by atoms with Gasteiger partial charge in [0.25, 0.3) is 0 Å². The monoisotopic (exact) mass is 435 g/mol. The molecule has 158 valence electrons. The second-order valence-corrected chi connectivity index (χ2v) is 6.50. The molecule has 1 N–H and O–H groups in total. The molecule has 0 bridgehead atoms. The number of fused-ring (bicyclic) bond motifs is 2. The van der Waals surface area contributed by atoms with E-state index in [1.807, 2.05) is 0 Å². The molecule has 1 aromatic carbocycles. The fourth-order valence-electron chi connectivity index (χ4n) is 3.17. The number of alkyl halides is 5. The van der Waals surface area contributed by atoms with Gasteiger partial charge in [0.1, 0.15) is 5.82 Å². The molecule has 0 aliphatic carbocycles. The molecule has 5 rings (SSSR count). The van der Waals surface area contributed by atoms with Crippen molar-refractivity contribution in [3.8, 4) is 22.8 Å². The van der Waals surface area contributed by atoms with Crippen LogP contribution in [0.2, 0.25) is 0 Å². The third-order valence-electron chi connectivity index (χ3n) is 4.37. The van der Waals surface area contributed by atoms with Crippen molar-refractivity contribution in [2.24, 2.45) is 0 Å². The SMILES string of the molecule is FC1(F)Oc2ccc(Nc3cncc(-c4c(C(F)(F)F)nn5ccccc45)n3)cc2O1. The van der Waals surface area contributed by atoms with Gasteiger partial charge in [-0.3, -0.25) is 4.98 Å². The largest absolute Gasteiger partial charge is 0.586 e. The molecular weight excluding hydrogens is 425 g/mol. The zero-order valence-corrected chi connectivity index (χ0v) is 15.2. The van der Waals surface area contributed by atoms with Gasteiger partial charge in [0.05, 0.1) is 29.2 Å². The second-order valence-electron chi connectivity index (χ2n) is 6.50. The molecule has 1 aliphatic rings. The minimum absolute atomic E-state index is 0.0641. The summed E-state index contributed by atoms with van der Waals surface area (Å²) in [4.78, 5) is 8.17. The van der Waals surface area contributed by atoms with Gasteiger partial charge in [-0.15, -0.1) is 8.78 Å². The van der Waals surface area contributed by atoms with Gasteiger partial charge in [-0.25, -0.2) is 9.50 Å². The normalized spacial score (nSPS) is 14.7. The first-order valence-electron chi connectivity index (χ1n) is 8.73. The van der Waals surface area contributed by atoms with Crippen molar-refractivity contribution < 1.29 is 31.4 Å². The Labute approximate surface area is 170 Å². The van der Waals surface area contributed by atoms with Crippen LogP contribution in [0.5, 0.6) is 11.5 Å². The number of rotatable bonds is 3. The average Bonchev–Trinajstić information content (AvgIpc) is 3.24. The highest BCUT2D eigenvalue weighted by Gasteiger charge is 2.43. The lowest BCUT2D eigenvalue weighted by molar-refractivity contribution is -0.286. The van der Waals surface area contributed by atoms with Crippen LogP contribution in [0.1, 0.15) is 5.69 Å². The van der Waals surface area contributed by atoms with Crippen LogP contribution in [0.3, 0.4) is 0 Å². The van der Waals surface area contributed by atoms with Crippen LogP contribution in [-0.2, 0) is 6.18 Å². The van der Waals surface area contributed by atoms with Gasteiger partial charge in [-0.2, -0.15) is 18.3 Å². The lowest BCUT2D eigenvalue weighted by Crippen LogP contribution is -2.25. The summed E-state index contributed by atoms with van der Waals surface area (Å²) in [6, 6.07) is 8.56. The number of nitrogens with zero attached hydrogens (tertiary/aromatic N) is 4. The molecule has 7 nitrogen and oxygen atoms in total. The minimum Gasteiger partial charge on any atom is -0.395 e. The van der Waals surface area contributed by atoms with E-state index in [-0.39, 0.29) is 34.1 Å². The van der Waals surface area contributed by atoms with E-state index in [4.69, 9.17) is 0 Å². The van der Waals surface area contributed by atoms with Crippen molar-refractivity contribution >= 4 is 17.0 Å². The minimum atomic E-state index is -4.71. The zero-order chi connectivity index (χ0) is 21.8. The number of ether oxygens (including phenoxy) is 2. The summed E-state index contributed by atoms with van der Waals surface area (Å²) < 4.78 is 76.9. The van der Waals surface area contributed by atoms with Gasteiger partial charge >= 0.3 is 12.5 Å². The summed E-state index contributed by atoms with van der Waals surface area (Å²) in [6.07, 6.45) is -4.62. The second kappa shape index (κ2) is 6.52. The predicted octanol–water partition coefficient (Wildman–Crippen LogP) is 4.88. The number of aromatic nitrogens is 4. The highest BCUT2D eigenvalue weighted by molar-refractivity contribution is 5.81. The fourth-order valence-corrected chi connectivity index (χ4v) is 3.17. The van der Waals surface area contributed by atoms with Crippen LogP contribution in [0.25, 0.3) is 16.8 Å². The Morgan fingerprint density at radius 3 is 2.61 bits per heavy atom. The first-order chi connectivity index (χ1) is 14.7. The molecule has 0 amide bonds. The molecule has 0 radical (unpaired) electrons. The fraction of sp³-hybridized carbons (Fsp3) is 0.105. The Balaban J connectivity index is 1.53. The molecule has 31 heavy (non-hydrogen) atoms. The smallest absolute Gasteiger partial charge is 0.395 e. The van der Waals surface area contributed by atoms with E-state index in [2.05, 4.69) is 29.9 Å². The number of hydrogen-bond acceptors (Lipinski definition) is 6. The van der Waals surface area contributed by atoms with E-state index < -0.39 is 18.2 Å². The van der Waals surface area contributed by atoms with Gasteiger partial charge < -0.3 is 14.8 Å². The summed E-state index contributed by atoms with van der Waals surface area (Å²) in [6.45, 7) is 0. The topological polar surface area (TPSA) is 73.6 Å². The molecule has 1 aliphatic heterocycles. The summed E-state index contributed by atoms with van der Waals surface area (Å²) >= 11 is 0. The van der Waals surface area contributed by atoms with Gasteiger partial charge in [0, 0.05) is 18.0 Å². The number of pyridine rings is 1. The molecule has 0 spiro atoms. The van der Waals surface area contributed by atoms with Crippen LogP contribution in [-0.4, -0.2) is 25.9 Å². The number of anilines is 2. The summed E-state index contributed by atoms with van der Waals surface area (Å²) in [5, 5.41) is 6.44. The first kappa shape index (κ1) is 19.0. The molecular formula is C19H10F5N5O2. The summed E-state index contributed by atoms with van der Waals surface area (Å²) in [5.74, 6) is -0.246. The Hall–Kier alpha value is -3.96. The number of hydrogen-bond donors (Lipinski definition) is 1. The molecule has 4 heterocycles. The van der Waals surface area contributed by atoms with Crippen molar-refractivity contribution in [3.63, 3.8) is 0 Å². The average molecular weight is 435 g/mol. The molecule has 0 saturated carbocycles. The van der Waals surface area contributed by atoms with Crippen LogP contribution in [0, 0.1) is 0 Å². The van der Waals surface area contributed by atoms with Gasteiger partial charge in [0.15, 0.2) is 17.2 Å². The lowest BCUT2D eigenvalue weighted by atomic mass is 10.1. The Bertz CT molecular complexity index is 1300. The predicted molar refractivity (Wildman–Crippen MR) is 97.1 cm³/mol. The standard InChI is InChI=1S/C19H10F5N5O2/c20-18(21,22)17-16(12-3-1-2-6-29(12)28-17)11-8-25-9-15(27-11)26-10-4-5-13-14(7-10)31-19(23,24)30-13/h1-9H,(H,26,27). The van der Waals surface area contributed by atoms with Gasteiger partial charge in [-0.05, 0) is 24.3 Å². The van der Waals surface area contributed by atoms with Crippen molar-refractivity contribution in [1.29, 1.82) is 0 Å². The van der Waals surface area contributed by atoms with E-state index in [9.17, 15) is 22.0 Å². The molecule has 12 heteroatoms. The van der Waals surface area contributed by atoms with E-state index in [1.54, 1.807) is 12.1 Å². The maximum atomic E-state index is 13.6. The Morgan fingerprint density at radius 1 is 1.00 bits per heavy atom. The number of nitrogens with one attached hydrogen (secondary N) is 1. The highest BCUT2D eigenvalue weighted by atomic mass is 19.4. The molecule has 3 aromatic heterocycles. The molecule has 4 aromatic rings. The van der Waals surface area contributed by atoms with Crippen LogP contribution in [0.4, 0.5) is 33.5 Å². The Kier molecular flexibility index (Phi) is 4.00. The maximum Gasteiger partial charge on any atom is 0.586 e. The van der Waals surface area contributed by atoms with Crippen molar-refractivity contribution in [2.75, 3.05) is 5.32 Å². The maximum absolute atomic E-state index is 13.6. The van der Waals surface area contributed by atoms with E-state index >= 15 is 0 Å². The van der Waals surface area contributed by atoms with E-state index in [0.29, 0.717) is 5.69 Å². The third kappa shape index (κ3) is 3.45. The van der Waals surface area contributed by atoms with Crippen LogP contribution < -0.4 is 14.8 Å². The van der Waals surface area contributed by atoms with E-state index in [0.717, 1.165) is 4.52 Å². The summed E-state index contributed by atoms with van der Waals surface area (Å²) in [5.41, 5.74) is -0.898. The van der Waals surface area contributed by atoms with Crippen LogP contribution in [0.15, 0.2) is 55.0 Å². The van der Waals surface area contributed by atoms with Crippen molar-refractivity contribution in [2.45, 2.75) is 12.5 Å². The summed E-state index contributed by atoms with van der Waals surface area (Å²) in [7, 11) is 0. The lowest BCUT2D eigenvalue weighted by Gasteiger charge is -2.09. The highest BCUT2D eigenvalue weighted by Crippen LogP contribution is 2.43. The molecule has 0 saturated heterocycles. The van der Waals surface area contributed by atoms with E-state index in [1.165, 1.54) is 42.9 Å². The number of halogens is 5. The Morgan fingerprint density at radius 2 is 1.81 bits per heavy atom. The van der Waals surface area contributed by atoms with Gasteiger partial charge in [0.2, 0.25) is 0 Å². The van der Waals surface area contributed by atoms with Crippen LogP contribution >= 0.6 is 0 Å². The first-order valence-corrected chi connectivity index (χ1v) is 8.73. The molecule has 0 fully saturated rings. The van der Waals surface area contributed by atoms with Crippen molar-refractivity contribution in [1.82, 2.24) is 19.6 Å². The molecule has 0 unspecified atom stereocenters. The number of benzene rings is 1. The molecule has 0 atom stereocenters.